The minimum Gasteiger partial charge on any atom is -0.399 e. The molecule has 0 bridgehead atoms. The molecule has 0 aliphatic carbocycles. The largest absolute Gasteiger partial charge is 0.399 e. The van der Waals surface area contributed by atoms with E-state index in [0.29, 0.717) is 11.3 Å². The van der Waals surface area contributed by atoms with Crippen LogP contribution in [0.5, 0.6) is 0 Å². The lowest BCUT2D eigenvalue weighted by Crippen LogP contribution is -2.37. The lowest BCUT2D eigenvalue weighted by molar-refractivity contribution is 0.0943. The van der Waals surface area contributed by atoms with E-state index in [-0.39, 0.29) is 11.7 Å². The number of amides is 1. The van der Waals surface area contributed by atoms with Crippen molar-refractivity contribution in [3.63, 3.8) is 0 Å². The number of nitrogens with two attached hydrogens (primary N) is 1. The van der Waals surface area contributed by atoms with Crippen LogP contribution in [0.3, 0.4) is 0 Å². The molecule has 1 aromatic rings. The van der Waals surface area contributed by atoms with E-state index in [1.54, 1.807) is 31.2 Å². The van der Waals surface area contributed by atoms with E-state index in [1.165, 1.54) is 0 Å². The number of nitrogens with one attached hydrogen (secondary N) is 1. The Morgan fingerprint density at radius 1 is 1.47 bits per heavy atom. The predicted octanol–water partition coefficient (Wildman–Crippen LogP) is 0.432. The number of hydrogen-bond acceptors (Lipinski definition) is 4. The fourth-order valence-corrected chi connectivity index (χ4v) is 2.47. The number of carbonyl (C=O) groups is 1. The Kier molecular flexibility index (Phi) is 4.11. The summed E-state index contributed by atoms with van der Waals surface area (Å²) < 4.78 is 22.1. The van der Waals surface area contributed by atoms with Gasteiger partial charge in [0.05, 0.1) is 5.75 Å². The van der Waals surface area contributed by atoms with Gasteiger partial charge < -0.3 is 11.1 Å². The molecule has 1 amide bonds. The molecule has 17 heavy (non-hydrogen) atoms. The van der Waals surface area contributed by atoms with Gasteiger partial charge in [-0.3, -0.25) is 4.79 Å². The van der Waals surface area contributed by atoms with Crippen molar-refractivity contribution in [2.45, 2.75) is 13.0 Å². The molecule has 0 fully saturated rings. The zero-order valence-corrected chi connectivity index (χ0v) is 10.6. The zero-order valence-electron chi connectivity index (χ0n) is 9.80. The van der Waals surface area contributed by atoms with Crippen molar-refractivity contribution in [2.24, 2.45) is 0 Å². The molecule has 1 aromatic carbocycles. The molecule has 6 heteroatoms. The van der Waals surface area contributed by atoms with Crippen LogP contribution in [0.2, 0.25) is 0 Å². The summed E-state index contributed by atoms with van der Waals surface area (Å²) in [5.74, 6) is -0.408. The monoisotopic (exact) mass is 256 g/mol. The van der Waals surface area contributed by atoms with E-state index >= 15 is 0 Å². The second-order valence-electron chi connectivity index (χ2n) is 4.09. The summed E-state index contributed by atoms with van der Waals surface area (Å²) in [5, 5.41) is 2.61. The molecule has 0 aromatic heterocycles. The lowest BCUT2D eigenvalue weighted by Gasteiger charge is -2.12. The summed E-state index contributed by atoms with van der Waals surface area (Å²) in [6, 6.07) is 6.09. The van der Waals surface area contributed by atoms with Gasteiger partial charge in [-0.1, -0.05) is 6.07 Å². The van der Waals surface area contributed by atoms with E-state index in [4.69, 9.17) is 5.73 Å². The highest BCUT2D eigenvalue weighted by Crippen LogP contribution is 2.06. The number of nitrogen functional groups attached to an aromatic ring is 1. The zero-order chi connectivity index (χ0) is 13.1. The van der Waals surface area contributed by atoms with E-state index in [0.717, 1.165) is 6.26 Å². The standard InChI is InChI=1S/C11H16N2O3S/c1-8(7-17(2,15)16)13-11(14)9-4-3-5-10(12)6-9/h3-6,8H,7,12H2,1-2H3,(H,13,14). The average molecular weight is 256 g/mol. The molecule has 0 saturated carbocycles. The second-order valence-corrected chi connectivity index (χ2v) is 6.28. The van der Waals surface area contributed by atoms with Crippen LogP contribution in [0.15, 0.2) is 24.3 Å². The third kappa shape index (κ3) is 4.86. The van der Waals surface area contributed by atoms with Crippen LogP contribution >= 0.6 is 0 Å². The number of carbonyl (C=O) groups excluding carboxylic acids is 1. The highest BCUT2D eigenvalue weighted by Gasteiger charge is 2.14. The van der Waals surface area contributed by atoms with Gasteiger partial charge in [0.1, 0.15) is 9.84 Å². The van der Waals surface area contributed by atoms with Crippen LogP contribution in [0, 0.1) is 0 Å². The number of anilines is 1. The fraction of sp³-hybridized carbons (Fsp3) is 0.364. The van der Waals surface area contributed by atoms with Gasteiger partial charge in [-0.25, -0.2) is 8.42 Å². The van der Waals surface area contributed by atoms with Gasteiger partial charge >= 0.3 is 0 Å². The molecule has 0 saturated heterocycles. The molecule has 0 spiro atoms. The Morgan fingerprint density at radius 3 is 2.65 bits per heavy atom. The van der Waals surface area contributed by atoms with Crippen molar-refractivity contribution in [3.05, 3.63) is 29.8 Å². The van der Waals surface area contributed by atoms with Crippen molar-refractivity contribution in [3.8, 4) is 0 Å². The SMILES string of the molecule is CC(CS(C)(=O)=O)NC(=O)c1cccc(N)c1. The number of rotatable bonds is 4. The van der Waals surface area contributed by atoms with Crippen LogP contribution in [0.4, 0.5) is 5.69 Å². The molecule has 0 aliphatic rings. The minimum atomic E-state index is -3.10. The van der Waals surface area contributed by atoms with Crippen molar-refractivity contribution < 1.29 is 13.2 Å². The van der Waals surface area contributed by atoms with E-state index < -0.39 is 15.9 Å². The summed E-state index contributed by atoms with van der Waals surface area (Å²) in [4.78, 5) is 11.7. The third-order valence-corrected chi connectivity index (χ3v) is 3.18. The van der Waals surface area contributed by atoms with Gasteiger partial charge in [0.25, 0.3) is 5.91 Å². The van der Waals surface area contributed by atoms with Gasteiger partial charge in [-0.15, -0.1) is 0 Å². The topological polar surface area (TPSA) is 89.3 Å². The van der Waals surface area contributed by atoms with Gasteiger partial charge in [-0.05, 0) is 25.1 Å². The Morgan fingerprint density at radius 2 is 2.12 bits per heavy atom. The van der Waals surface area contributed by atoms with Crippen LogP contribution in [-0.2, 0) is 9.84 Å². The smallest absolute Gasteiger partial charge is 0.251 e. The molecule has 1 atom stereocenters. The summed E-state index contributed by atoms with van der Waals surface area (Å²) in [6.45, 7) is 1.64. The molecule has 0 radical (unpaired) electrons. The molecule has 94 valence electrons. The highest BCUT2D eigenvalue weighted by atomic mass is 32.2. The second kappa shape index (κ2) is 5.18. The maximum Gasteiger partial charge on any atom is 0.251 e. The Labute approximate surface area is 101 Å². The summed E-state index contributed by atoms with van der Waals surface area (Å²) >= 11 is 0. The van der Waals surface area contributed by atoms with Gasteiger partial charge in [0, 0.05) is 23.5 Å². The van der Waals surface area contributed by atoms with Gasteiger partial charge in [-0.2, -0.15) is 0 Å². The van der Waals surface area contributed by atoms with Crippen LogP contribution in [-0.4, -0.2) is 32.4 Å². The molecule has 0 aliphatic heterocycles. The number of hydrogen-bond donors (Lipinski definition) is 2. The molecular weight excluding hydrogens is 240 g/mol. The van der Waals surface area contributed by atoms with Gasteiger partial charge in [0.2, 0.25) is 0 Å². The van der Waals surface area contributed by atoms with E-state index in [2.05, 4.69) is 5.32 Å². The van der Waals surface area contributed by atoms with Crippen molar-refractivity contribution in [1.82, 2.24) is 5.32 Å². The Bertz CT molecular complexity index is 511. The van der Waals surface area contributed by atoms with E-state index in [9.17, 15) is 13.2 Å². The predicted molar refractivity (Wildman–Crippen MR) is 67.5 cm³/mol. The number of sulfone groups is 1. The average Bonchev–Trinajstić information content (AvgIpc) is 2.14. The first-order valence-corrected chi connectivity index (χ1v) is 7.18. The molecule has 5 nitrogen and oxygen atoms in total. The summed E-state index contributed by atoms with van der Waals surface area (Å²) in [6.07, 6.45) is 1.14. The molecule has 3 N–H and O–H groups in total. The van der Waals surface area contributed by atoms with Crippen LogP contribution in [0.25, 0.3) is 0 Å². The minimum absolute atomic E-state index is 0.0823. The molecule has 1 rings (SSSR count). The highest BCUT2D eigenvalue weighted by molar-refractivity contribution is 7.90. The number of benzene rings is 1. The van der Waals surface area contributed by atoms with Gasteiger partial charge in [0.15, 0.2) is 0 Å². The van der Waals surface area contributed by atoms with Crippen LogP contribution in [0.1, 0.15) is 17.3 Å². The Balaban J connectivity index is 2.67. The third-order valence-electron chi connectivity index (χ3n) is 2.08. The summed E-state index contributed by atoms with van der Waals surface area (Å²) in [7, 11) is -3.10. The fourth-order valence-electron chi connectivity index (χ4n) is 1.48. The molecular formula is C11H16N2O3S. The first-order valence-electron chi connectivity index (χ1n) is 5.12. The Hall–Kier alpha value is -1.56. The van der Waals surface area contributed by atoms with Crippen molar-refractivity contribution in [1.29, 1.82) is 0 Å². The first-order chi connectivity index (χ1) is 7.78. The maximum absolute atomic E-state index is 11.7. The molecule has 0 heterocycles. The quantitative estimate of drug-likeness (QED) is 0.765. The first kappa shape index (κ1) is 13.5. The van der Waals surface area contributed by atoms with Crippen LogP contribution < -0.4 is 11.1 Å². The van der Waals surface area contributed by atoms with E-state index in [1.807, 2.05) is 0 Å². The maximum atomic E-state index is 11.7. The molecule has 1 unspecified atom stereocenters. The summed E-state index contributed by atoms with van der Waals surface area (Å²) in [5.41, 5.74) is 6.47. The normalized spacial score (nSPS) is 13.1. The lowest BCUT2D eigenvalue weighted by atomic mass is 10.2. The van der Waals surface area contributed by atoms with Crippen molar-refractivity contribution >= 4 is 21.4 Å². The van der Waals surface area contributed by atoms with Crippen molar-refractivity contribution in [2.75, 3.05) is 17.7 Å².